The molecule has 0 aromatic heterocycles. The number of ether oxygens (including phenoxy) is 1. The first-order chi connectivity index (χ1) is 7.66. The van der Waals surface area contributed by atoms with Gasteiger partial charge in [-0.3, -0.25) is 4.79 Å². The summed E-state index contributed by atoms with van der Waals surface area (Å²) in [7, 11) is 0. The van der Waals surface area contributed by atoms with E-state index in [0.29, 0.717) is 5.39 Å². The lowest BCUT2D eigenvalue weighted by molar-refractivity contribution is -0.128. The van der Waals surface area contributed by atoms with Crippen molar-refractivity contribution in [2.45, 2.75) is 0 Å². The summed E-state index contributed by atoms with van der Waals surface area (Å²) >= 11 is 0. The highest BCUT2D eigenvalue weighted by atomic mass is 16.5. The summed E-state index contributed by atoms with van der Waals surface area (Å²) in [6.07, 6.45) is 0. The summed E-state index contributed by atoms with van der Waals surface area (Å²) in [6, 6.07) is 7.98. The number of phenols is 1. The number of carbonyl (C=O) groups excluding carboxylic acids is 2. The van der Waals surface area contributed by atoms with Crippen molar-refractivity contribution in [2.75, 3.05) is 0 Å². The first-order valence-electron chi connectivity index (χ1n) is 4.69. The van der Waals surface area contributed by atoms with Crippen LogP contribution in [0.4, 0.5) is 0 Å². The maximum Gasteiger partial charge on any atom is 0.385 e. The molecule has 1 heterocycles. The minimum Gasteiger partial charge on any atom is -0.508 e. The van der Waals surface area contributed by atoms with Crippen molar-refractivity contribution in [1.29, 1.82) is 0 Å². The molecule has 1 aliphatic rings. The molecule has 0 atom stereocenters. The number of benzene rings is 2. The number of rotatable bonds is 0. The summed E-state index contributed by atoms with van der Waals surface area (Å²) in [5.41, 5.74) is 0.235. The number of phenolic OH excluding ortho intramolecular Hbond substituents is 1. The molecule has 0 fully saturated rings. The van der Waals surface area contributed by atoms with E-state index in [0.717, 1.165) is 5.39 Å². The van der Waals surface area contributed by atoms with E-state index in [-0.39, 0.29) is 17.1 Å². The highest BCUT2D eigenvalue weighted by Gasteiger charge is 2.32. The molecule has 0 saturated heterocycles. The fourth-order valence-electron chi connectivity index (χ4n) is 1.86. The number of esters is 1. The normalized spacial score (nSPS) is 14.0. The molecule has 16 heavy (non-hydrogen) atoms. The number of carbonyl (C=O) groups is 2. The molecule has 0 spiro atoms. The van der Waals surface area contributed by atoms with Gasteiger partial charge in [0.1, 0.15) is 11.5 Å². The van der Waals surface area contributed by atoms with E-state index < -0.39 is 11.8 Å². The molecule has 1 aliphatic heterocycles. The standard InChI is InChI=1S/C12H6O4/c13-7-3-1-6-2-4-9-10(8(6)5-7)11(14)12(15)16-9/h1-5,13H. The van der Waals surface area contributed by atoms with Gasteiger partial charge < -0.3 is 9.84 Å². The average Bonchev–Trinajstić information content (AvgIpc) is 2.55. The highest BCUT2D eigenvalue weighted by molar-refractivity contribution is 6.46. The zero-order valence-electron chi connectivity index (χ0n) is 8.06. The zero-order valence-corrected chi connectivity index (χ0v) is 8.06. The summed E-state index contributed by atoms with van der Waals surface area (Å²) in [4.78, 5) is 22.7. The van der Waals surface area contributed by atoms with Gasteiger partial charge in [-0.25, -0.2) is 4.79 Å². The first-order valence-corrected chi connectivity index (χ1v) is 4.69. The van der Waals surface area contributed by atoms with Crippen LogP contribution in [-0.4, -0.2) is 16.9 Å². The Bertz CT molecular complexity index is 643. The van der Waals surface area contributed by atoms with Crippen molar-refractivity contribution < 1.29 is 19.4 Å². The van der Waals surface area contributed by atoms with Gasteiger partial charge in [0.15, 0.2) is 0 Å². The van der Waals surface area contributed by atoms with Crippen LogP contribution in [0.15, 0.2) is 30.3 Å². The van der Waals surface area contributed by atoms with Crippen LogP contribution >= 0.6 is 0 Å². The van der Waals surface area contributed by atoms with Crippen LogP contribution in [0.1, 0.15) is 10.4 Å². The van der Waals surface area contributed by atoms with Crippen molar-refractivity contribution in [1.82, 2.24) is 0 Å². The Balaban J connectivity index is 2.44. The van der Waals surface area contributed by atoms with E-state index in [4.69, 9.17) is 4.74 Å². The quantitative estimate of drug-likeness (QED) is 0.411. The first kappa shape index (κ1) is 8.91. The van der Waals surface area contributed by atoms with E-state index in [2.05, 4.69) is 0 Å². The second kappa shape index (κ2) is 2.82. The molecule has 0 saturated carbocycles. The number of hydrogen-bond acceptors (Lipinski definition) is 4. The van der Waals surface area contributed by atoms with Gasteiger partial charge in [0, 0.05) is 5.39 Å². The molecule has 4 heteroatoms. The van der Waals surface area contributed by atoms with Crippen molar-refractivity contribution in [3.63, 3.8) is 0 Å². The minimum absolute atomic E-state index is 0.0491. The maximum absolute atomic E-state index is 11.6. The Kier molecular flexibility index (Phi) is 1.57. The molecule has 1 N–H and O–H groups in total. The van der Waals surface area contributed by atoms with E-state index in [9.17, 15) is 14.7 Å². The number of ketones is 1. The Morgan fingerprint density at radius 3 is 2.62 bits per heavy atom. The lowest BCUT2D eigenvalue weighted by atomic mass is 10.0. The molecule has 2 aromatic rings. The molecule has 0 radical (unpaired) electrons. The summed E-state index contributed by atoms with van der Waals surface area (Å²) in [5, 5.41) is 10.7. The Hall–Kier alpha value is -2.36. The molecule has 4 nitrogen and oxygen atoms in total. The molecule has 0 unspecified atom stereocenters. The van der Waals surface area contributed by atoms with Crippen molar-refractivity contribution >= 4 is 22.5 Å². The Morgan fingerprint density at radius 2 is 1.81 bits per heavy atom. The van der Waals surface area contributed by atoms with Crippen LogP contribution in [-0.2, 0) is 4.79 Å². The average molecular weight is 214 g/mol. The predicted molar refractivity (Wildman–Crippen MR) is 55.6 cm³/mol. The third kappa shape index (κ3) is 1.04. The monoisotopic (exact) mass is 214 g/mol. The Morgan fingerprint density at radius 1 is 1.06 bits per heavy atom. The van der Waals surface area contributed by atoms with Crippen LogP contribution in [0, 0.1) is 0 Å². The van der Waals surface area contributed by atoms with Crippen LogP contribution in [0.25, 0.3) is 10.8 Å². The van der Waals surface area contributed by atoms with Crippen LogP contribution in [0.3, 0.4) is 0 Å². The summed E-state index contributed by atoms with van der Waals surface area (Å²) < 4.78 is 4.80. The van der Waals surface area contributed by atoms with E-state index in [1.54, 1.807) is 18.2 Å². The highest BCUT2D eigenvalue weighted by Crippen LogP contribution is 2.34. The van der Waals surface area contributed by atoms with Crippen LogP contribution in [0.5, 0.6) is 11.5 Å². The number of fused-ring (bicyclic) bond motifs is 3. The number of Topliss-reactive ketones (excluding diaryl/α,β-unsaturated/α-hetero) is 1. The van der Waals surface area contributed by atoms with Crippen LogP contribution < -0.4 is 4.74 Å². The molecule has 0 amide bonds. The van der Waals surface area contributed by atoms with Gasteiger partial charge in [0.25, 0.3) is 5.78 Å². The number of aromatic hydroxyl groups is 1. The molecular formula is C12H6O4. The third-order valence-corrected chi connectivity index (χ3v) is 2.58. The van der Waals surface area contributed by atoms with Gasteiger partial charge in [0.2, 0.25) is 0 Å². The van der Waals surface area contributed by atoms with E-state index in [1.807, 2.05) is 0 Å². The third-order valence-electron chi connectivity index (χ3n) is 2.58. The second-order valence-corrected chi connectivity index (χ2v) is 3.56. The zero-order chi connectivity index (χ0) is 11.3. The number of hydrogen-bond donors (Lipinski definition) is 1. The van der Waals surface area contributed by atoms with Gasteiger partial charge >= 0.3 is 5.97 Å². The molecular weight excluding hydrogens is 208 g/mol. The largest absolute Gasteiger partial charge is 0.508 e. The predicted octanol–water partition coefficient (Wildman–Crippen LogP) is 1.65. The lowest BCUT2D eigenvalue weighted by Crippen LogP contribution is -2.10. The maximum atomic E-state index is 11.6. The van der Waals surface area contributed by atoms with Gasteiger partial charge in [-0.2, -0.15) is 0 Å². The second-order valence-electron chi connectivity index (χ2n) is 3.56. The van der Waals surface area contributed by atoms with Crippen molar-refractivity contribution in [2.24, 2.45) is 0 Å². The van der Waals surface area contributed by atoms with Gasteiger partial charge in [-0.1, -0.05) is 12.1 Å². The lowest BCUT2D eigenvalue weighted by Gasteiger charge is -2.02. The fourth-order valence-corrected chi connectivity index (χ4v) is 1.86. The van der Waals surface area contributed by atoms with Gasteiger partial charge in [-0.05, 0) is 23.6 Å². The smallest absolute Gasteiger partial charge is 0.385 e. The fraction of sp³-hybridized carbons (Fsp3) is 0. The van der Waals surface area contributed by atoms with Gasteiger partial charge in [-0.15, -0.1) is 0 Å². The minimum atomic E-state index is -0.870. The van der Waals surface area contributed by atoms with Crippen molar-refractivity contribution in [3.8, 4) is 11.5 Å². The van der Waals surface area contributed by atoms with Crippen LogP contribution in [0.2, 0.25) is 0 Å². The molecule has 2 aromatic carbocycles. The SMILES string of the molecule is O=C1Oc2ccc3ccc(O)cc3c2C1=O. The summed E-state index contributed by atoms with van der Waals surface area (Å²) in [6.45, 7) is 0. The van der Waals surface area contributed by atoms with E-state index in [1.165, 1.54) is 12.1 Å². The van der Waals surface area contributed by atoms with E-state index >= 15 is 0 Å². The molecule has 3 rings (SSSR count). The van der Waals surface area contributed by atoms with Gasteiger partial charge in [0.05, 0.1) is 5.56 Å². The topological polar surface area (TPSA) is 63.6 Å². The summed E-state index contributed by atoms with van der Waals surface area (Å²) in [5.74, 6) is -1.22. The van der Waals surface area contributed by atoms with Crippen molar-refractivity contribution in [3.05, 3.63) is 35.9 Å². The molecule has 0 bridgehead atoms. The Labute approximate surface area is 90.1 Å². The molecule has 0 aliphatic carbocycles. The molecule has 78 valence electrons.